The molecule has 0 aromatic rings. The van der Waals surface area contributed by atoms with E-state index in [9.17, 15) is 4.79 Å². The van der Waals surface area contributed by atoms with Crippen molar-refractivity contribution in [3.8, 4) is 0 Å². The minimum Gasteiger partial charge on any atom is -0.337 e. The number of nitrogens with zero attached hydrogens (tertiary/aromatic N) is 1. The molecule has 1 aliphatic carbocycles. The average Bonchev–Trinajstić information content (AvgIpc) is 2.47. The first-order chi connectivity index (χ1) is 7.01. The number of carbonyl (C=O) groups excluding carboxylic acids is 1. The van der Waals surface area contributed by atoms with E-state index in [2.05, 4.69) is 31.0 Å². The van der Waals surface area contributed by atoms with Crippen molar-refractivity contribution in [2.45, 2.75) is 64.1 Å². The first-order valence-electron chi connectivity index (χ1n) is 6.08. The molecule has 1 N–H and O–H groups in total. The van der Waals surface area contributed by atoms with Crippen molar-refractivity contribution in [2.24, 2.45) is 0 Å². The Balaban J connectivity index is 1.87. The van der Waals surface area contributed by atoms with Gasteiger partial charge in [0.25, 0.3) is 0 Å². The molecule has 1 heterocycles. The molecule has 0 atom stereocenters. The molecular weight excluding hydrogens is 188 g/mol. The van der Waals surface area contributed by atoms with Gasteiger partial charge in [-0.1, -0.05) is 13.8 Å². The summed E-state index contributed by atoms with van der Waals surface area (Å²) in [6.07, 6.45) is 4.06. The van der Waals surface area contributed by atoms with E-state index in [1.54, 1.807) is 0 Å². The summed E-state index contributed by atoms with van der Waals surface area (Å²) in [6, 6.07) is 1.16. The molecule has 3 heteroatoms. The maximum absolute atomic E-state index is 11.6. The summed E-state index contributed by atoms with van der Waals surface area (Å²) >= 11 is 0. The molecule has 0 unspecified atom stereocenters. The molecule has 0 radical (unpaired) electrons. The first kappa shape index (κ1) is 10.9. The van der Waals surface area contributed by atoms with Gasteiger partial charge in [-0.05, 0) is 26.2 Å². The van der Waals surface area contributed by atoms with Crippen molar-refractivity contribution in [3.63, 3.8) is 0 Å². The highest BCUT2D eigenvalue weighted by Gasteiger charge is 2.47. The third-order valence-corrected chi connectivity index (χ3v) is 3.67. The molecule has 0 aromatic carbocycles. The maximum Gasteiger partial charge on any atom is 0.223 e. The van der Waals surface area contributed by atoms with Crippen LogP contribution in [-0.2, 0) is 4.79 Å². The van der Waals surface area contributed by atoms with Crippen LogP contribution in [0.15, 0.2) is 0 Å². The van der Waals surface area contributed by atoms with E-state index < -0.39 is 0 Å². The zero-order valence-electron chi connectivity index (χ0n) is 10.0. The molecule has 1 saturated heterocycles. The van der Waals surface area contributed by atoms with Gasteiger partial charge in [0, 0.05) is 30.6 Å². The number of rotatable bonds is 3. The fourth-order valence-electron chi connectivity index (χ4n) is 3.03. The largest absolute Gasteiger partial charge is 0.337 e. The van der Waals surface area contributed by atoms with E-state index in [-0.39, 0.29) is 5.54 Å². The van der Waals surface area contributed by atoms with Crippen LogP contribution in [0.4, 0.5) is 0 Å². The molecule has 0 bridgehead atoms. The van der Waals surface area contributed by atoms with Crippen molar-refractivity contribution in [2.75, 3.05) is 6.54 Å². The molecule has 0 spiro atoms. The smallest absolute Gasteiger partial charge is 0.223 e. The van der Waals surface area contributed by atoms with E-state index in [0.717, 1.165) is 32.2 Å². The highest BCUT2D eigenvalue weighted by molar-refractivity contribution is 5.79. The Labute approximate surface area is 92.2 Å². The Kier molecular flexibility index (Phi) is 2.75. The maximum atomic E-state index is 11.6. The third-order valence-electron chi connectivity index (χ3n) is 3.67. The van der Waals surface area contributed by atoms with Gasteiger partial charge < -0.3 is 10.2 Å². The second kappa shape index (κ2) is 3.78. The molecule has 86 valence electrons. The molecule has 1 aliphatic heterocycles. The lowest BCUT2D eigenvalue weighted by molar-refractivity contribution is -0.136. The van der Waals surface area contributed by atoms with Crippen LogP contribution < -0.4 is 5.32 Å². The van der Waals surface area contributed by atoms with Gasteiger partial charge >= 0.3 is 0 Å². The molecule has 2 rings (SSSR count). The quantitative estimate of drug-likeness (QED) is 0.766. The third kappa shape index (κ3) is 2.03. The van der Waals surface area contributed by atoms with Gasteiger partial charge in [-0.3, -0.25) is 4.79 Å². The van der Waals surface area contributed by atoms with E-state index in [1.165, 1.54) is 0 Å². The normalized spacial score (nSPS) is 36.1. The molecule has 2 aliphatic rings. The zero-order valence-corrected chi connectivity index (χ0v) is 10.0. The highest BCUT2D eigenvalue weighted by atomic mass is 16.2. The summed E-state index contributed by atoms with van der Waals surface area (Å²) in [5, 5.41) is 3.53. The van der Waals surface area contributed by atoms with Gasteiger partial charge in [0.2, 0.25) is 5.91 Å². The fourth-order valence-corrected chi connectivity index (χ4v) is 3.03. The summed E-state index contributed by atoms with van der Waals surface area (Å²) in [4.78, 5) is 13.8. The van der Waals surface area contributed by atoms with E-state index in [4.69, 9.17) is 0 Å². The van der Waals surface area contributed by atoms with Crippen molar-refractivity contribution >= 4 is 5.91 Å². The standard InChI is InChI=1S/C12H22N2O/c1-9(2)13-10-7-12(3,8-10)14-6-4-5-11(14)15/h9-10,13H,4-8H2,1-3H3/t10-,12+. The number of nitrogens with one attached hydrogen (secondary N) is 1. The summed E-state index contributed by atoms with van der Waals surface area (Å²) < 4.78 is 0. The average molecular weight is 210 g/mol. The number of hydrogen-bond donors (Lipinski definition) is 1. The Morgan fingerprint density at radius 1 is 1.47 bits per heavy atom. The van der Waals surface area contributed by atoms with Crippen LogP contribution in [0, 0.1) is 0 Å². The lowest BCUT2D eigenvalue weighted by Crippen LogP contribution is -2.62. The van der Waals surface area contributed by atoms with Crippen LogP contribution >= 0.6 is 0 Å². The van der Waals surface area contributed by atoms with Crippen LogP contribution in [0.5, 0.6) is 0 Å². The van der Waals surface area contributed by atoms with Crippen LogP contribution in [0.2, 0.25) is 0 Å². The second-order valence-electron chi connectivity index (χ2n) is 5.57. The van der Waals surface area contributed by atoms with E-state index in [1.807, 2.05) is 0 Å². The summed E-state index contributed by atoms with van der Waals surface area (Å²) in [6.45, 7) is 7.56. The SMILES string of the molecule is CC(C)N[C@H]1C[C@@](C)(N2CCCC2=O)C1. The molecule has 0 aromatic heterocycles. The van der Waals surface area contributed by atoms with Crippen LogP contribution in [-0.4, -0.2) is 35.0 Å². The molecular formula is C12H22N2O. The van der Waals surface area contributed by atoms with Gasteiger partial charge in [0.15, 0.2) is 0 Å². The van der Waals surface area contributed by atoms with Gasteiger partial charge in [-0.25, -0.2) is 0 Å². The predicted octanol–water partition coefficient (Wildman–Crippen LogP) is 1.53. The molecule has 15 heavy (non-hydrogen) atoms. The minimum atomic E-state index is 0.153. The number of likely N-dealkylation sites (tertiary alicyclic amines) is 1. The number of hydrogen-bond acceptors (Lipinski definition) is 2. The minimum absolute atomic E-state index is 0.153. The fraction of sp³-hybridized carbons (Fsp3) is 0.917. The Bertz CT molecular complexity index is 256. The van der Waals surface area contributed by atoms with Crippen molar-refractivity contribution in [1.82, 2.24) is 10.2 Å². The number of amides is 1. The van der Waals surface area contributed by atoms with Gasteiger partial charge in [0.05, 0.1) is 0 Å². The molecule has 1 saturated carbocycles. The van der Waals surface area contributed by atoms with Crippen molar-refractivity contribution in [3.05, 3.63) is 0 Å². The van der Waals surface area contributed by atoms with E-state index >= 15 is 0 Å². The second-order valence-corrected chi connectivity index (χ2v) is 5.57. The number of carbonyl (C=O) groups is 1. The van der Waals surface area contributed by atoms with Gasteiger partial charge in [0.1, 0.15) is 0 Å². The topological polar surface area (TPSA) is 32.3 Å². The Hall–Kier alpha value is -0.570. The Morgan fingerprint density at radius 3 is 2.60 bits per heavy atom. The zero-order chi connectivity index (χ0) is 11.1. The molecule has 1 amide bonds. The lowest BCUT2D eigenvalue weighted by atomic mass is 9.72. The Morgan fingerprint density at radius 2 is 2.13 bits per heavy atom. The predicted molar refractivity (Wildman–Crippen MR) is 60.6 cm³/mol. The summed E-state index contributed by atoms with van der Waals surface area (Å²) in [7, 11) is 0. The summed E-state index contributed by atoms with van der Waals surface area (Å²) in [5.41, 5.74) is 0.153. The van der Waals surface area contributed by atoms with Gasteiger partial charge in [-0.2, -0.15) is 0 Å². The molecule has 2 fully saturated rings. The van der Waals surface area contributed by atoms with Crippen LogP contribution in [0.3, 0.4) is 0 Å². The molecule has 3 nitrogen and oxygen atoms in total. The van der Waals surface area contributed by atoms with E-state index in [0.29, 0.717) is 18.0 Å². The lowest BCUT2D eigenvalue weighted by Gasteiger charge is -2.51. The first-order valence-corrected chi connectivity index (χ1v) is 6.08. The summed E-state index contributed by atoms with van der Waals surface area (Å²) in [5.74, 6) is 0.362. The van der Waals surface area contributed by atoms with Crippen LogP contribution in [0.1, 0.15) is 46.5 Å². The highest BCUT2D eigenvalue weighted by Crippen LogP contribution is 2.39. The monoisotopic (exact) mass is 210 g/mol. The van der Waals surface area contributed by atoms with Crippen LogP contribution in [0.25, 0.3) is 0 Å². The van der Waals surface area contributed by atoms with Crippen molar-refractivity contribution in [1.29, 1.82) is 0 Å². The van der Waals surface area contributed by atoms with Gasteiger partial charge in [-0.15, -0.1) is 0 Å². The van der Waals surface area contributed by atoms with Crippen molar-refractivity contribution < 1.29 is 4.79 Å².